The van der Waals surface area contributed by atoms with Crippen molar-refractivity contribution in [2.75, 3.05) is 13.1 Å². The molecule has 0 bridgehead atoms. The van der Waals surface area contributed by atoms with Crippen molar-refractivity contribution in [2.24, 2.45) is 5.92 Å². The van der Waals surface area contributed by atoms with Crippen LogP contribution in [0.5, 0.6) is 0 Å². The molecule has 106 valence electrons. The highest BCUT2D eigenvalue weighted by molar-refractivity contribution is 5.55. The minimum Gasteiger partial charge on any atom is -0.301 e. The van der Waals surface area contributed by atoms with Crippen LogP contribution in [0.4, 0.5) is 0 Å². The van der Waals surface area contributed by atoms with Gasteiger partial charge in [0.2, 0.25) is 0 Å². The molecule has 1 aliphatic heterocycles. The van der Waals surface area contributed by atoms with E-state index >= 15 is 0 Å². The summed E-state index contributed by atoms with van der Waals surface area (Å²) < 4.78 is 0. The molecule has 0 aromatic carbocycles. The van der Waals surface area contributed by atoms with Crippen LogP contribution in [0, 0.1) is 5.92 Å². The number of nitrogens with zero attached hydrogens (tertiary/aromatic N) is 4. The highest BCUT2D eigenvalue weighted by atomic mass is 15.2. The van der Waals surface area contributed by atoms with Crippen molar-refractivity contribution in [3.8, 4) is 11.3 Å². The van der Waals surface area contributed by atoms with E-state index in [1.807, 2.05) is 18.6 Å². The topological polar surface area (TPSA) is 57.7 Å². The zero-order valence-electron chi connectivity index (χ0n) is 12.1. The first-order valence-corrected chi connectivity index (χ1v) is 7.26. The number of aromatic nitrogens is 4. The lowest BCUT2D eigenvalue weighted by atomic mass is 10.0. The maximum absolute atomic E-state index is 4.55. The summed E-state index contributed by atoms with van der Waals surface area (Å²) in [5.41, 5.74) is 2.95. The van der Waals surface area contributed by atoms with E-state index in [4.69, 9.17) is 0 Å². The molecule has 1 aliphatic rings. The first-order valence-electron chi connectivity index (χ1n) is 7.26. The molecule has 3 heterocycles. The molecule has 5 heteroatoms. The minimum atomic E-state index is 0.648. The molecule has 0 radical (unpaired) electrons. The smallest absolute Gasteiger partial charge is 0.0916 e. The highest BCUT2D eigenvalue weighted by Crippen LogP contribution is 2.22. The normalized spacial score (nSPS) is 19.9. The molecule has 1 N–H and O–H groups in total. The summed E-state index contributed by atoms with van der Waals surface area (Å²) in [6.07, 6.45) is 9.64. The first-order chi connectivity index (χ1) is 9.72. The van der Waals surface area contributed by atoms with Gasteiger partial charge in [0.15, 0.2) is 0 Å². The zero-order chi connectivity index (χ0) is 13.9. The molecule has 0 saturated carbocycles. The van der Waals surface area contributed by atoms with Gasteiger partial charge in [-0.05, 0) is 39.2 Å². The quantitative estimate of drug-likeness (QED) is 0.925. The zero-order valence-corrected chi connectivity index (χ0v) is 12.1. The fourth-order valence-electron chi connectivity index (χ4n) is 2.79. The number of hydrogen-bond donors (Lipinski definition) is 1. The van der Waals surface area contributed by atoms with E-state index in [0.29, 0.717) is 12.0 Å². The molecule has 1 unspecified atom stereocenters. The van der Waals surface area contributed by atoms with Gasteiger partial charge >= 0.3 is 0 Å². The predicted octanol–water partition coefficient (Wildman–Crippen LogP) is 2.14. The van der Waals surface area contributed by atoms with Gasteiger partial charge in [0.05, 0.1) is 23.8 Å². The molecule has 2 aromatic heterocycles. The van der Waals surface area contributed by atoms with E-state index < -0.39 is 0 Å². The third-order valence-electron chi connectivity index (χ3n) is 4.04. The van der Waals surface area contributed by atoms with Crippen LogP contribution in [-0.4, -0.2) is 44.2 Å². The third kappa shape index (κ3) is 2.88. The molecule has 2 aromatic rings. The van der Waals surface area contributed by atoms with Crippen LogP contribution >= 0.6 is 0 Å². The number of aromatic amines is 1. The van der Waals surface area contributed by atoms with Gasteiger partial charge in [0.1, 0.15) is 0 Å². The maximum atomic E-state index is 4.55. The van der Waals surface area contributed by atoms with Crippen LogP contribution in [0.25, 0.3) is 11.3 Å². The molecule has 0 spiro atoms. The lowest BCUT2D eigenvalue weighted by Gasteiger charge is -2.20. The Morgan fingerprint density at radius 2 is 2.20 bits per heavy atom. The fourth-order valence-corrected chi connectivity index (χ4v) is 2.79. The second kappa shape index (κ2) is 5.71. The largest absolute Gasteiger partial charge is 0.301 e. The van der Waals surface area contributed by atoms with E-state index in [1.165, 1.54) is 19.5 Å². The molecule has 5 nitrogen and oxygen atoms in total. The summed E-state index contributed by atoms with van der Waals surface area (Å²) in [6, 6.07) is 0.648. The molecule has 1 atom stereocenters. The van der Waals surface area contributed by atoms with Gasteiger partial charge in [-0.25, -0.2) is 0 Å². The van der Waals surface area contributed by atoms with Crippen molar-refractivity contribution in [3.05, 3.63) is 30.5 Å². The molecule has 0 aliphatic carbocycles. The number of hydrogen-bond acceptors (Lipinski definition) is 4. The van der Waals surface area contributed by atoms with Crippen LogP contribution < -0.4 is 0 Å². The van der Waals surface area contributed by atoms with Gasteiger partial charge in [0, 0.05) is 30.5 Å². The number of nitrogens with one attached hydrogen (secondary N) is 1. The maximum Gasteiger partial charge on any atom is 0.0916 e. The van der Waals surface area contributed by atoms with Crippen molar-refractivity contribution in [2.45, 2.75) is 32.7 Å². The summed E-state index contributed by atoms with van der Waals surface area (Å²) in [5.74, 6) is 0.714. The number of rotatable bonds is 4. The highest BCUT2D eigenvalue weighted by Gasteiger charge is 2.24. The second-order valence-electron chi connectivity index (χ2n) is 5.83. The van der Waals surface area contributed by atoms with E-state index in [2.05, 4.69) is 38.9 Å². The SMILES string of the molecule is CC(C)N1CCC(Cc2cnc(-c3cn[nH]c3)cn2)C1. The summed E-state index contributed by atoms with van der Waals surface area (Å²) in [6.45, 7) is 6.93. The second-order valence-corrected chi connectivity index (χ2v) is 5.83. The minimum absolute atomic E-state index is 0.648. The summed E-state index contributed by atoms with van der Waals surface area (Å²) in [4.78, 5) is 11.6. The Bertz CT molecular complexity index is 532. The Kier molecular flexibility index (Phi) is 3.78. The van der Waals surface area contributed by atoms with Crippen molar-refractivity contribution in [3.63, 3.8) is 0 Å². The van der Waals surface area contributed by atoms with Crippen LogP contribution in [0.15, 0.2) is 24.8 Å². The van der Waals surface area contributed by atoms with E-state index in [9.17, 15) is 0 Å². The van der Waals surface area contributed by atoms with Gasteiger partial charge in [-0.15, -0.1) is 0 Å². The Hall–Kier alpha value is -1.75. The van der Waals surface area contributed by atoms with E-state index in [0.717, 1.165) is 23.4 Å². The summed E-state index contributed by atoms with van der Waals surface area (Å²) in [5, 5.41) is 6.72. The lowest BCUT2D eigenvalue weighted by molar-refractivity contribution is 0.264. The average molecular weight is 271 g/mol. The summed E-state index contributed by atoms with van der Waals surface area (Å²) in [7, 11) is 0. The molecule has 3 rings (SSSR count). The van der Waals surface area contributed by atoms with Crippen LogP contribution in [0.3, 0.4) is 0 Å². The molecule has 20 heavy (non-hydrogen) atoms. The fraction of sp³-hybridized carbons (Fsp3) is 0.533. The predicted molar refractivity (Wildman–Crippen MR) is 78.1 cm³/mol. The average Bonchev–Trinajstić information content (AvgIpc) is 3.10. The molecule has 1 saturated heterocycles. The van der Waals surface area contributed by atoms with Gasteiger partial charge < -0.3 is 4.90 Å². The van der Waals surface area contributed by atoms with Crippen LogP contribution in [0.2, 0.25) is 0 Å². The van der Waals surface area contributed by atoms with Crippen LogP contribution in [-0.2, 0) is 6.42 Å². The molecular weight excluding hydrogens is 250 g/mol. The van der Waals surface area contributed by atoms with Crippen molar-refractivity contribution in [1.29, 1.82) is 0 Å². The van der Waals surface area contributed by atoms with Gasteiger partial charge in [-0.2, -0.15) is 5.10 Å². The molecule has 1 fully saturated rings. The Balaban J connectivity index is 1.62. The Labute approximate surface area is 119 Å². The van der Waals surface area contributed by atoms with E-state index in [1.54, 1.807) is 6.20 Å². The first kappa shape index (κ1) is 13.2. The van der Waals surface area contributed by atoms with E-state index in [-0.39, 0.29) is 0 Å². The van der Waals surface area contributed by atoms with Crippen molar-refractivity contribution >= 4 is 0 Å². The monoisotopic (exact) mass is 271 g/mol. The standard InChI is InChI=1S/C15H21N5/c1-11(2)20-4-3-12(10-20)5-14-8-17-15(9-16-14)13-6-18-19-7-13/h6-9,11-12H,3-5,10H2,1-2H3,(H,18,19). The Morgan fingerprint density at radius 3 is 2.80 bits per heavy atom. The van der Waals surface area contributed by atoms with Crippen molar-refractivity contribution in [1.82, 2.24) is 25.1 Å². The number of likely N-dealkylation sites (tertiary alicyclic amines) is 1. The van der Waals surface area contributed by atoms with Crippen molar-refractivity contribution < 1.29 is 0 Å². The summed E-state index contributed by atoms with van der Waals surface area (Å²) >= 11 is 0. The van der Waals surface area contributed by atoms with Gasteiger partial charge in [-0.1, -0.05) is 0 Å². The van der Waals surface area contributed by atoms with Crippen LogP contribution in [0.1, 0.15) is 26.0 Å². The molecular formula is C15H21N5. The Morgan fingerprint density at radius 1 is 1.30 bits per heavy atom. The third-order valence-corrected chi connectivity index (χ3v) is 4.04. The molecule has 0 amide bonds. The number of H-pyrrole nitrogens is 1. The van der Waals surface area contributed by atoms with Gasteiger partial charge in [-0.3, -0.25) is 15.1 Å². The van der Waals surface area contributed by atoms with Gasteiger partial charge in [0.25, 0.3) is 0 Å². The lowest BCUT2D eigenvalue weighted by Crippen LogP contribution is -2.28.